The molecular formula is C14H26N4O2S. The van der Waals surface area contributed by atoms with Crippen LogP contribution in [0.1, 0.15) is 33.6 Å². The van der Waals surface area contributed by atoms with Gasteiger partial charge in [-0.05, 0) is 24.8 Å². The molecule has 0 amide bonds. The lowest BCUT2D eigenvalue weighted by molar-refractivity contribution is 0.196. The van der Waals surface area contributed by atoms with E-state index in [0.29, 0.717) is 24.5 Å². The molecule has 1 aromatic heterocycles. The number of nitrogens with zero attached hydrogens (tertiary/aromatic N) is 3. The van der Waals surface area contributed by atoms with Gasteiger partial charge in [0.15, 0.2) is 0 Å². The van der Waals surface area contributed by atoms with E-state index in [2.05, 4.69) is 24.3 Å². The van der Waals surface area contributed by atoms with Crippen LogP contribution >= 0.6 is 0 Å². The van der Waals surface area contributed by atoms with Crippen LogP contribution < -0.4 is 5.32 Å². The fourth-order valence-electron chi connectivity index (χ4n) is 2.45. The summed E-state index contributed by atoms with van der Waals surface area (Å²) in [6.07, 6.45) is 4.90. The number of hydrogen-bond acceptors (Lipinski definition) is 4. The smallest absolute Gasteiger partial charge is 0.246 e. The van der Waals surface area contributed by atoms with E-state index in [4.69, 9.17) is 0 Å². The summed E-state index contributed by atoms with van der Waals surface area (Å²) in [4.78, 5) is 0.304. The van der Waals surface area contributed by atoms with Gasteiger partial charge in [-0.15, -0.1) is 0 Å². The van der Waals surface area contributed by atoms with Gasteiger partial charge in [-0.3, -0.25) is 4.68 Å². The summed E-state index contributed by atoms with van der Waals surface area (Å²) in [7, 11) is -3.39. The first kappa shape index (κ1) is 16.5. The molecule has 120 valence electrons. The Kier molecular flexibility index (Phi) is 5.06. The molecule has 1 aromatic rings. The molecule has 7 heteroatoms. The predicted octanol–water partition coefficient (Wildman–Crippen LogP) is 1.30. The van der Waals surface area contributed by atoms with E-state index in [9.17, 15) is 8.42 Å². The molecule has 6 nitrogen and oxygen atoms in total. The standard InChI is InChI=1S/C14H26N4O2S/c1-4-15-7-10-17-12-13(11-16-17)21(19,20)18-8-5-14(2,3)6-9-18/h11-12,15H,4-10H2,1-3H3. The first-order chi connectivity index (χ1) is 9.85. The zero-order chi connectivity index (χ0) is 15.5. The lowest BCUT2D eigenvalue weighted by atomic mass is 9.83. The highest BCUT2D eigenvalue weighted by atomic mass is 32.2. The molecule has 1 N–H and O–H groups in total. The number of sulfonamides is 1. The van der Waals surface area contributed by atoms with E-state index in [1.54, 1.807) is 15.2 Å². The molecule has 21 heavy (non-hydrogen) atoms. The lowest BCUT2D eigenvalue weighted by Crippen LogP contribution is -2.40. The summed E-state index contributed by atoms with van der Waals surface area (Å²) in [6.45, 7) is 9.97. The molecule has 2 heterocycles. The second kappa shape index (κ2) is 6.46. The second-order valence-electron chi connectivity index (χ2n) is 6.36. The fraction of sp³-hybridized carbons (Fsp3) is 0.786. The number of hydrogen-bond donors (Lipinski definition) is 1. The molecule has 0 atom stereocenters. The van der Waals surface area contributed by atoms with E-state index in [1.807, 2.05) is 6.92 Å². The third-order valence-electron chi connectivity index (χ3n) is 4.09. The van der Waals surface area contributed by atoms with Crippen LogP contribution in [0.4, 0.5) is 0 Å². The quantitative estimate of drug-likeness (QED) is 0.804. The van der Waals surface area contributed by atoms with Crippen molar-refractivity contribution < 1.29 is 8.42 Å². The Morgan fingerprint density at radius 3 is 2.62 bits per heavy atom. The molecule has 0 unspecified atom stereocenters. The molecule has 1 aliphatic rings. The average molecular weight is 314 g/mol. The Bertz CT molecular complexity index is 555. The summed E-state index contributed by atoms with van der Waals surface area (Å²) >= 11 is 0. The fourth-order valence-corrected chi connectivity index (χ4v) is 3.85. The molecule has 0 radical (unpaired) electrons. The van der Waals surface area contributed by atoms with Crippen molar-refractivity contribution in [3.63, 3.8) is 0 Å². The molecular weight excluding hydrogens is 288 g/mol. The van der Waals surface area contributed by atoms with E-state index >= 15 is 0 Å². The molecule has 0 saturated carbocycles. The topological polar surface area (TPSA) is 67.2 Å². The van der Waals surface area contributed by atoms with Gasteiger partial charge in [0.05, 0.1) is 12.7 Å². The minimum atomic E-state index is -3.39. The Hall–Kier alpha value is -0.920. The van der Waals surface area contributed by atoms with E-state index in [-0.39, 0.29) is 5.41 Å². The van der Waals surface area contributed by atoms with Crippen molar-refractivity contribution in [2.24, 2.45) is 5.41 Å². The van der Waals surface area contributed by atoms with Crippen molar-refractivity contribution in [2.75, 3.05) is 26.2 Å². The number of nitrogens with one attached hydrogen (secondary N) is 1. The van der Waals surface area contributed by atoms with Crippen molar-refractivity contribution in [2.45, 2.75) is 45.1 Å². The van der Waals surface area contributed by atoms with Crippen LogP contribution in [0, 0.1) is 5.41 Å². The minimum absolute atomic E-state index is 0.238. The Balaban J connectivity index is 2.03. The van der Waals surface area contributed by atoms with Crippen molar-refractivity contribution in [1.29, 1.82) is 0 Å². The van der Waals surface area contributed by atoms with Gasteiger partial charge in [0.25, 0.3) is 0 Å². The maximum Gasteiger partial charge on any atom is 0.246 e. The molecule has 1 fully saturated rings. The largest absolute Gasteiger partial charge is 0.315 e. The minimum Gasteiger partial charge on any atom is -0.315 e. The van der Waals surface area contributed by atoms with Gasteiger partial charge in [-0.25, -0.2) is 8.42 Å². The van der Waals surface area contributed by atoms with Crippen LogP contribution in [0.2, 0.25) is 0 Å². The number of likely N-dealkylation sites (N-methyl/N-ethyl adjacent to an activating group) is 1. The van der Waals surface area contributed by atoms with Gasteiger partial charge >= 0.3 is 0 Å². The summed E-state index contributed by atoms with van der Waals surface area (Å²) < 4.78 is 28.5. The number of rotatable bonds is 6. The van der Waals surface area contributed by atoms with Gasteiger partial charge < -0.3 is 5.32 Å². The SMILES string of the molecule is CCNCCn1cc(S(=O)(=O)N2CCC(C)(C)CC2)cn1. The average Bonchev–Trinajstić information content (AvgIpc) is 2.88. The predicted molar refractivity (Wildman–Crippen MR) is 82.5 cm³/mol. The zero-order valence-electron chi connectivity index (χ0n) is 13.2. The first-order valence-corrected chi connectivity index (χ1v) is 9.02. The van der Waals surface area contributed by atoms with Crippen molar-refractivity contribution in [1.82, 2.24) is 19.4 Å². The summed E-state index contributed by atoms with van der Waals surface area (Å²) in [5.74, 6) is 0. The van der Waals surface area contributed by atoms with Crippen LogP contribution in [0.3, 0.4) is 0 Å². The third kappa shape index (κ3) is 4.05. The Labute approximate surface area is 127 Å². The number of aromatic nitrogens is 2. The molecule has 0 aliphatic carbocycles. The van der Waals surface area contributed by atoms with E-state index in [0.717, 1.165) is 25.9 Å². The van der Waals surface area contributed by atoms with Gasteiger partial charge in [-0.2, -0.15) is 9.40 Å². The van der Waals surface area contributed by atoms with Crippen molar-refractivity contribution in [3.8, 4) is 0 Å². The molecule has 0 spiro atoms. The van der Waals surface area contributed by atoms with E-state index < -0.39 is 10.0 Å². The monoisotopic (exact) mass is 314 g/mol. The van der Waals surface area contributed by atoms with Crippen LogP contribution in [0.5, 0.6) is 0 Å². The molecule has 2 rings (SSSR count). The number of piperidine rings is 1. The maximum atomic E-state index is 12.6. The molecule has 1 saturated heterocycles. The first-order valence-electron chi connectivity index (χ1n) is 7.58. The van der Waals surface area contributed by atoms with Gasteiger partial charge in [0.1, 0.15) is 4.90 Å². The Morgan fingerprint density at radius 2 is 2.00 bits per heavy atom. The highest BCUT2D eigenvalue weighted by Gasteiger charge is 2.33. The highest BCUT2D eigenvalue weighted by molar-refractivity contribution is 7.89. The van der Waals surface area contributed by atoms with Gasteiger partial charge in [0.2, 0.25) is 10.0 Å². The van der Waals surface area contributed by atoms with Crippen LogP contribution in [0.25, 0.3) is 0 Å². The van der Waals surface area contributed by atoms with Crippen molar-refractivity contribution in [3.05, 3.63) is 12.4 Å². The second-order valence-corrected chi connectivity index (χ2v) is 8.30. The zero-order valence-corrected chi connectivity index (χ0v) is 14.0. The normalized spacial score (nSPS) is 19.8. The summed E-state index contributed by atoms with van der Waals surface area (Å²) in [6, 6.07) is 0. The highest BCUT2D eigenvalue weighted by Crippen LogP contribution is 2.32. The molecule has 0 bridgehead atoms. The lowest BCUT2D eigenvalue weighted by Gasteiger charge is -2.35. The van der Waals surface area contributed by atoms with Crippen molar-refractivity contribution >= 4 is 10.0 Å². The van der Waals surface area contributed by atoms with Crippen LogP contribution in [-0.2, 0) is 16.6 Å². The van der Waals surface area contributed by atoms with Gasteiger partial charge in [0, 0.05) is 25.8 Å². The maximum absolute atomic E-state index is 12.6. The molecule has 1 aliphatic heterocycles. The van der Waals surface area contributed by atoms with E-state index in [1.165, 1.54) is 6.20 Å². The van der Waals surface area contributed by atoms with Crippen LogP contribution in [-0.4, -0.2) is 48.7 Å². The van der Waals surface area contributed by atoms with Gasteiger partial charge in [-0.1, -0.05) is 20.8 Å². The molecule has 0 aromatic carbocycles. The summed E-state index contributed by atoms with van der Waals surface area (Å²) in [5, 5.41) is 7.34. The van der Waals surface area contributed by atoms with Crippen LogP contribution in [0.15, 0.2) is 17.3 Å². The third-order valence-corrected chi connectivity index (χ3v) is 5.94. The summed E-state index contributed by atoms with van der Waals surface area (Å²) in [5.41, 5.74) is 0.238. The Morgan fingerprint density at radius 1 is 1.33 bits per heavy atom.